The first-order chi connectivity index (χ1) is 12.5. The van der Waals surface area contributed by atoms with E-state index >= 15 is 0 Å². The van der Waals surface area contributed by atoms with Crippen LogP contribution < -0.4 is 10.6 Å². The predicted octanol–water partition coefficient (Wildman–Crippen LogP) is 2.63. The number of rotatable bonds is 6. The average Bonchev–Trinajstić information content (AvgIpc) is 3.47. The maximum absolute atomic E-state index is 12.4. The highest BCUT2D eigenvalue weighted by molar-refractivity contribution is 14.0. The van der Waals surface area contributed by atoms with Crippen molar-refractivity contribution in [3.63, 3.8) is 0 Å². The predicted molar refractivity (Wildman–Crippen MR) is 124 cm³/mol. The summed E-state index contributed by atoms with van der Waals surface area (Å²) in [5, 5.41) is 6.57. The Balaban J connectivity index is 0.00000261. The van der Waals surface area contributed by atoms with Gasteiger partial charge >= 0.3 is 0 Å². The molecule has 0 amide bonds. The van der Waals surface area contributed by atoms with Gasteiger partial charge in [0.05, 0.1) is 10.6 Å². The Hall–Kier alpha value is -0.390. The summed E-state index contributed by atoms with van der Waals surface area (Å²) in [6.07, 6.45) is 4.92. The maximum atomic E-state index is 12.4. The van der Waals surface area contributed by atoms with Crippen LogP contribution in [0.3, 0.4) is 0 Å². The highest BCUT2D eigenvalue weighted by Crippen LogP contribution is 2.29. The van der Waals surface area contributed by atoms with Gasteiger partial charge in [0.1, 0.15) is 0 Å². The van der Waals surface area contributed by atoms with E-state index in [0.717, 1.165) is 36.4 Å². The van der Waals surface area contributed by atoms with Crippen LogP contribution >= 0.6 is 39.9 Å². The summed E-state index contributed by atoms with van der Waals surface area (Å²) < 4.78 is 25.6. The number of guanidine groups is 1. The van der Waals surface area contributed by atoms with Gasteiger partial charge in [0, 0.05) is 43.2 Å². The molecule has 3 rings (SSSR count). The lowest BCUT2D eigenvalue weighted by atomic mass is 10.1. The zero-order chi connectivity index (χ0) is 18.6. The molecule has 1 aromatic rings. The van der Waals surface area contributed by atoms with Crippen molar-refractivity contribution in [3.8, 4) is 0 Å². The fraction of sp³-hybridized carbons (Fsp3) is 0.611. The smallest absolute Gasteiger partial charge is 0.191 e. The largest absolute Gasteiger partial charge is 0.355 e. The van der Waals surface area contributed by atoms with Gasteiger partial charge in [-0.1, -0.05) is 15.9 Å². The van der Waals surface area contributed by atoms with Crippen molar-refractivity contribution in [1.82, 2.24) is 15.5 Å². The third kappa shape index (κ3) is 6.86. The van der Waals surface area contributed by atoms with Crippen molar-refractivity contribution in [1.29, 1.82) is 0 Å². The summed E-state index contributed by atoms with van der Waals surface area (Å²) in [5.74, 6) is 0.719. The first-order valence-corrected chi connectivity index (χ1v) is 11.6. The fourth-order valence-corrected chi connectivity index (χ4v) is 4.72. The molecule has 2 aliphatic rings. The van der Waals surface area contributed by atoms with Crippen LogP contribution in [0.5, 0.6) is 0 Å². The molecule has 2 fully saturated rings. The Bertz CT molecular complexity index is 730. The molecule has 1 aliphatic carbocycles. The van der Waals surface area contributed by atoms with Crippen molar-refractivity contribution in [2.45, 2.75) is 42.7 Å². The van der Waals surface area contributed by atoms with E-state index in [1.54, 1.807) is 31.3 Å². The number of sulfone groups is 1. The molecular weight excluding hydrogens is 543 g/mol. The van der Waals surface area contributed by atoms with Gasteiger partial charge in [0.25, 0.3) is 0 Å². The van der Waals surface area contributed by atoms with Gasteiger partial charge in [0.2, 0.25) is 0 Å². The number of nitrogens with one attached hydrogen (secondary N) is 2. The van der Waals surface area contributed by atoms with Gasteiger partial charge in [-0.3, -0.25) is 4.99 Å². The molecule has 0 unspecified atom stereocenters. The number of benzene rings is 1. The maximum Gasteiger partial charge on any atom is 0.191 e. The minimum absolute atomic E-state index is 0. The quantitative estimate of drug-likeness (QED) is 0.312. The summed E-state index contributed by atoms with van der Waals surface area (Å²) in [5.41, 5.74) is 0. The van der Waals surface area contributed by atoms with E-state index in [4.69, 9.17) is 0 Å². The molecule has 152 valence electrons. The monoisotopic (exact) mass is 570 g/mol. The minimum atomic E-state index is -3.30. The summed E-state index contributed by atoms with van der Waals surface area (Å²) in [7, 11) is -1.58. The second-order valence-corrected chi connectivity index (χ2v) is 9.98. The number of hydrogen-bond donors (Lipinski definition) is 2. The molecule has 0 bridgehead atoms. The first kappa shape index (κ1) is 22.9. The minimum Gasteiger partial charge on any atom is -0.355 e. The number of hydrogen-bond acceptors (Lipinski definition) is 4. The molecule has 1 saturated carbocycles. The Morgan fingerprint density at radius 3 is 2.37 bits per heavy atom. The average molecular weight is 571 g/mol. The molecule has 1 saturated heterocycles. The Labute approximate surface area is 187 Å². The lowest BCUT2D eigenvalue weighted by Gasteiger charge is -2.33. The molecule has 6 nitrogen and oxygen atoms in total. The van der Waals surface area contributed by atoms with E-state index in [1.807, 2.05) is 0 Å². The first-order valence-electron chi connectivity index (χ1n) is 9.17. The van der Waals surface area contributed by atoms with E-state index in [9.17, 15) is 8.42 Å². The molecule has 1 aliphatic heterocycles. The second-order valence-electron chi connectivity index (χ2n) is 6.96. The zero-order valence-electron chi connectivity index (χ0n) is 15.5. The molecule has 0 aromatic heterocycles. The van der Waals surface area contributed by atoms with Crippen LogP contribution in [-0.2, 0) is 9.84 Å². The third-order valence-corrected chi connectivity index (χ3v) is 7.25. The summed E-state index contributed by atoms with van der Waals surface area (Å²) in [6, 6.07) is 7.97. The van der Waals surface area contributed by atoms with Crippen molar-refractivity contribution in [2.75, 3.05) is 32.4 Å². The number of halogens is 2. The Kier molecular flexibility index (Phi) is 8.82. The van der Waals surface area contributed by atoms with Crippen LogP contribution in [0.2, 0.25) is 0 Å². The van der Waals surface area contributed by atoms with Crippen LogP contribution in [0.1, 0.15) is 25.7 Å². The van der Waals surface area contributed by atoms with Gasteiger partial charge in [-0.25, -0.2) is 8.42 Å². The third-order valence-electron chi connectivity index (χ3n) is 4.99. The van der Waals surface area contributed by atoms with Crippen molar-refractivity contribution < 1.29 is 8.42 Å². The molecule has 0 radical (unpaired) electrons. The number of nitrogens with zero attached hydrogens (tertiary/aromatic N) is 2. The van der Waals surface area contributed by atoms with E-state index in [1.165, 1.54) is 12.8 Å². The van der Waals surface area contributed by atoms with E-state index in [-0.39, 0.29) is 29.7 Å². The molecule has 1 heterocycles. The van der Waals surface area contributed by atoms with Crippen molar-refractivity contribution in [3.05, 3.63) is 28.7 Å². The standard InChI is InChI=1S/C18H27BrN4O2S.HI/c1-20-18(22-15-8-11-23(12-9-15)16-4-5-16)21-10-13-26(24,25)17-6-2-14(19)3-7-17;/h2-3,6-7,15-16H,4-5,8-13H2,1H3,(H2,20,21,22);1H. The Morgan fingerprint density at radius 1 is 1.19 bits per heavy atom. The summed E-state index contributed by atoms with van der Waals surface area (Å²) in [4.78, 5) is 7.16. The zero-order valence-corrected chi connectivity index (χ0v) is 20.3. The summed E-state index contributed by atoms with van der Waals surface area (Å²) >= 11 is 3.32. The molecular formula is C18H28BrIN4O2S. The molecule has 0 atom stereocenters. The van der Waals surface area contributed by atoms with Crippen LogP contribution in [-0.4, -0.2) is 63.8 Å². The van der Waals surface area contributed by atoms with Gasteiger partial charge in [-0.15, -0.1) is 24.0 Å². The number of aliphatic imine (C=N–C) groups is 1. The number of piperidine rings is 1. The Morgan fingerprint density at radius 2 is 1.81 bits per heavy atom. The molecule has 1 aromatic carbocycles. The SMILES string of the molecule is CN=C(NCCS(=O)(=O)c1ccc(Br)cc1)NC1CCN(C2CC2)CC1.I. The van der Waals surface area contributed by atoms with E-state index in [0.29, 0.717) is 23.4 Å². The fourth-order valence-electron chi connectivity index (χ4n) is 3.30. The van der Waals surface area contributed by atoms with Gasteiger partial charge in [-0.2, -0.15) is 0 Å². The van der Waals surface area contributed by atoms with E-state index in [2.05, 4.69) is 36.5 Å². The van der Waals surface area contributed by atoms with Crippen LogP contribution in [0.4, 0.5) is 0 Å². The van der Waals surface area contributed by atoms with Gasteiger partial charge < -0.3 is 15.5 Å². The topological polar surface area (TPSA) is 73.8 Å². The molecule has 27 heavy (non-hydrogen) atoms. The van der Waals surface area contributed by atoms with Crippen LogP contribution in [0.15, 0.2) is 38.6 Å². The van der Waals surface area contributed by atoms with Crippen LogP contribution in [0, 0.1) is 0 Å². The van der Waals surface area contributed by atoms with E-state index < -0.39 is 9.84 Å². The second kappa shape index (κ2) is 10.4. The normalized spacial score (nSPS) is 19.4. The van der Waals surface area contributed by atoms with Crippen molar-refractivity contribution >= 4 is 55.7 Å². The highest BCUT2D eigenvalue weighted by atomic mass is 127. The van der Waals surface area contributed by atoms with Crippen LogP contribution in [0.25, 0.3) is 0 Å². The summed E-state index contributed by atoms with van der Waals surface area (Å²) in [6.45, 7) is 2.60. The number of likely N-dealkylation sites (tertiary alicyclic amines) is 1. The van der Waals surface area contributed by atoms with Gasteiger partial charge in [0.15, 0.2) is 15.8 Å². The molecule has 9 heteroatoms. The molecule has 2 N–H and O–H groups in total. The highest BCUT2D eigenvalue weighted by Gasteiger charge is 2.31. The van der Waals surface area contributed by atoms with Gasteiger partial charge in [-0.05, 0) is 49.9 Å². The lowest BCUT2D eigenvalue weighted by Crippen LogP contribution is -2.49. The lowest BCUT2D eigenvalue weighted by molar-refractivity contribution is 0.197. The van der Waals surface area contributed by atoms with Crippen molar-refractivity contribution in [2.24, 2.45) is 4.99 Å². The molecule has 0 spiro atoms.